The third-order valence-corrected chi connectivity index (χ3v) is 8.65. The quantitative estimate of drug-likeness (QED) is 0.316. The van der Waals surface area contributed by atoms with Gasteiger partial charge in [-0.15, -0.1) is 11.3 Å². The minimum Gasteiger partial charge on any atom is -0.353 e. The molecule has 2 aromatic heterocycles. The summed E-state index contributed by atoms with van der Waals surface area (Å²) in [6.07, 6.45) is 11.3. The molecule has 0 bridgehead atoms. The van der Waals surface area contributed by atoms with Crippen LogP contribution in [0.1, 0.15) is 61.8 Å². The summed E-state index contributed by atoms with van der Waals surface area (Å²) in [6, 6.07) is 9.96. The highest BCUT2D eigenvalue weighted by Crippen LogP contribution is 2.35. The zero-order chi connectivity index (χ0) is 21.9. The van der Waals surface area contributed by atoms with Crippen molar-refractivity contribution < 1.29 is 4.79 Å². The molecule has 0 spiro atoms. The highest BCUT2D eigenvalue weighted by Gasteiger charge is 2.23. The lowest BCUT2D eigenvalue weighted by molar-refractivity contribution is -0.119. The summed E-state index contributed by atoms with van der Waals surface area (Å²) in [4.78, 5) is 33.5. The molecule has 7 heteroatoms. The number of rotatable bonds is 5. The summed E-state index contributed by atoms with van der Waals surface area (Å²) in [5.74, 6) is 0.299. The van der Waals surface area contributed by atoms with Crippen molar-refractivity contribution in [3.05, 3.63) is 51.1 Å². The van der Waals surface area contributed by atoms with Gasteiger partial charge >= 0.3 is 0 Å². The molecule has 2 aliphatic carbocycles. The van der Waals surface area contributed by atoms with Crippen LogP contribution < -0.4 is 10.9 Å². The van der Waals surface area contributed by atoms with Crippen molar-refractivity contribution in [3.63, 3.8) is 0 Å². The van der Waals surface area contributed by atoms with Crippen LogP contribution in [0.2, 0.25) is 0 Å². The average Bonchev–Trinajstić information content (AvgIpc) is 2.99. The molecule has 0 saturated heterocycles. The summed E-state index contributed by atoms with van der Waals surface area (Å²) >= 11 is 3.02. The molecule has 1 fully saturated rings. The molecule has 32 heavy (non-hydrogen) atoms. The van der Waals surface area contributed by atoms with E-state index in [9.17, 15) is 9.59 Å². The van der Waals surface area contributed by atoms with E-state index in [0.717, 1.165) is 48.0 Å². The molecule has 2 heterocycles. The van der Waals surface area contributed by atoms with Crippen LogP contribution in [0.4, 0.5) is 0 Å². The maximum Gasteiger partial charge on any atom is 0.267 e. The van der Waals surface area contributed by atoms with E-state index >= 15 is 0 Å². The molecule has 3 aromatic rings. The van der Waals surface area contributed by atoms with Gasteiger partial charge in [-0.05, 0) is 56.2 Å². The summed E-state index contributed by atoms with van der Waals surface area (Å²) in [5, 5.41) is 4.59. The Hall–Kier alpha value is -2.12. The first-order chi connectivity index (χ1) is 15.7. The van der Waals surface area contributed by atoms with Crippen molar-refractivity contribution in [1.29, 1.82) is 0 Å². The number of carbonyl (C=O) groups excluding carboxylic acids is 1. The predicted molar refractivity (Wildman–Crippen MR) is 132 cm³/mol. The van der Waals surface area contributed by atoms with Gasteiger partial charge < -0.3 is 5.32 Å². The molecule has 0 aliphatic heterocycles. The minimum atomic E-state index is -0.00715. The van der Waals surface area contributed by atoms with Crippen LogP contribution in [0, 0.1) is 0 Å². The lowest BCUT2D eigenvalue weighted by atomic mass is 9.97. The van der Waals surface area contributed by atoms with Crippen molar-refractivity contribution >= 4 is 39.2 Å². The Morgan fingerprint density at radius 2 is 1.81 bits per heavy atom. The normalized spacial score (nSPS) is 17.1. The van der Waals surface area contributed by atoms with Gasteiger partial charge in [0.15, 0.2) is 5.16 Å². The number of benzene rings is 1. The van der Waals surface area contributed by atoms with Gasteiger partial charge in [0.2, 0.25) is 5.91 Å². The number of para-hydroxylation sites is 1. The van der Waals surface area contributed by atoms with Gasteiger partial charge in [-0.2, -0.15) is 0 Å². The smallest absolute Gasteiger partial charge is 0.267 e. The van der Waals surface area contributed by atoms with Crippen molar-refractivity contribution in [2.24, 2.45) is 0 Å². The third-order valence-electron chi connectivity index (χ3n) is 6.53. The van der Waals surface area contributed by atoms with E-state index < -0.39 is 0 Å². The van der Waals surface area contributed by atoms with Crippen LogP contribution in [-0.2, 0) is 17.6 Å². The van der Waals surface area contributed by atoms with E-state index in [0.29, 0.717) is 5.16 Å². The fraction of sp³-hybridized carbons (Fsp3) is 0.480. The van der Waals surface area contributed by atoms with Crippen LogP contribution in [-0.4, -0.2) is 27.3 Å². The summed E-state index contributed by atoms with van der Waals surface area (Å²) in [7, 11) is 0. The maximum absolute atomic E-state index is 13.7. The van der Waals surface area contributed by atoms with Crippen LogP contribution in [0.25, 0.3) is 15.9 Å². The summed E-state index contributed by atoms with van der Waals surface area (Å²) < 4.78 is 1.70. The molecular formula is C25H29N3O2S2. The molecule has 1 saturated carbocycles. The van der Waals surface area contributed by atoms with Crippen molar-refractivity contribution in [3.8, 4) is 5.69 Å². The number of hydrogen-bond acceptors (Lipinski definition) is 5. The van der Waals surface area contributed by atoms with E-state index in [1.165, 1.54) is 54.3 Å². The topological polar surface area (TPSA) is 64.0 Å². The van der Waals surface area contributed by atoms with E-state index in [4.69, 9.17) is 4.98 Å². The number of carbonyl (C=O) groups is 1. The molecule has 2 aliphatic rings. The van der Waals surface area contributed by atoms with E-state index in [1.54, 1.807) is 15.9 Å². The molecule has 0 radical (unpaired) electrons. The highest BCUT2D eigenvalue weighted by molar-refractivity contribution is 7.99. The molecule has 1 N–H and O–H groups in total. The number of amides is 1. The largest absolute Gasteiger partial charge is 0.353 e. The Labute approximate surface area is 196 Å². The number of fused-ring (bicyclic) bond motifs is 3. The van der Waals surface area contributed by atoms with Crippen molar-refractivity contribution in [2.75, 3.05) is 5.75 Å². The lowest BCUT2D eigenvalue weighted by Gasteiger charge is -2.17. The van der Waals surface area contributed by atoms with Gasteiger partial charge in [0, 0.05) is 10.9 Å². The van der Waals surface area contributed by atoms with Gasteiger partial charge in [0.25, 0.3) is 5.56 Å². The second-order valence-corrected chi connectivity index (χ2v) is 10.8. The van der Waals surface area contributed by atoms with Crippen molar-refractivity contribution in [2.45, 2.75) is 75.4 Å². The molecule has 0 atom stereocenters. The minimum absolute atomic E-state index is 0.00715. The number of thiophene rings is 1. The second-order valence-electron chi connectivity index (χ2n) is 8.81. The Balaban J connectivity index is 1.46. The van der Waals surface area contributed by atoms with Crippen LogP contribution >= 0.6 is 23.1 Å². The Morgan fingerprint density at radius 1 is 1.06 bits per heavy atom. The number of aromatic nitrogens is 2. The SMILES string of the molecule is O=C(CSc1nc2sc3c(c2c(=O)n1-c1ccccc1)CCCC3)NC1CCCCCC1. The fourth-order valence-corrected chi connectivity index (χ4v) is 7.04. The second kappa shape index (κ2) is 9.79. The molecule has 168 valence electrons. The van der Waals surface area contributed by atoms with Crippen LogP contribution in [0.5, 0.6) is 0 Å². The van der Waals surface area contributed by atoms with Gasteiger partial charge in [-0.25, -0.2) is 4.98 Å². The molecule has 1 aromatic carbocycles. The van der Waals surface area contributed by atoms with E-state index in [-0.39, 0.29) is 23.3 Å². The zero-order valence-electron chi connectivity index (χ0n) is 18.3. The highest BCUT2D eigenvalue weighted by atomic mass is 32.2. The third kappa shape index (κ3) is 4.50. The van der Waals surface area contributed by atoms with Gasteiger partial charge in [0.1, 0.15) is 4.83 Å². The monoisotopic (exact) mass is 467 g/mol. The fourth-order valence-electron chi connectivity index (χ4n) is 4.91. The lowest BCUT2D eigenvalue weighted by Crippen LogP contribution is -2.35. The number of aryl methyl sites for hydroxylation is 2. The Bertz CT molecular complexity index is 1160. The molecule has 1 amide bonds. The first-order valence-electron chi connectivity index (χ1n) is 11.8. The van der Waals surface area contributed by atoms with Gasteiger partial charge in [-0.1, -0.05) is 55.6 Å². The number of hydrogen-bond donors (Lipinski definition) is 1. The first kappa shape index (κ1) is 21.7. The van der Waals surface area contributed by atoms with Gasteiger partial charge in [-0.3, -0.25) is 14.2 Å². The molecular weight excluding hydrogens is 438 g/mol. The summed E-state index contributed by atoms with van der Waals surface area (Å²) in [6.45, 7) is 0. The van der Waals surface area contributed by atoms with Gasteiger partial charge in [0.05, 0.1) is 16.8 Å². The standard InChI is InChI=1S/C25H29N3O2S2/c29-21(26-17-10-4-1-2-5-11-17)16-31-25-27-23-22(19-14-8-9-15-20(19)32-23)24(30)28(25)18-12-6-3-7-13-18/h3,6-7,12-13,17H,1-2,4-5,8-11,14-16H2,(H,26,29). The zero-order valence-corrected chi connectivity index (χ0v) is 19.9. The average molecular weight is 468 g/mol. The van der Waals surface area contributed by atoms with Crippen molar-refractivity contribution in [1.82, 2.24) is 14.9 Å². The predicted octanol–water partition coefficient (Wildman–Crippen LogP) is 5.26. The number of nitrogens with zero attached hydrogens (tertiary/aromatic N) is 2. The molecule has 0 unspecified atom stereocenters. The Morgan fingerprint density at radius 3 is 2.59 bits per heavy atom. The molecule has 5 nitrogen and oxygen atoms in total. The maximum atomic E-state index is 13.7. The first-order valence-corrected chi connectivity index (χ1v) is 13.6. The number of nitrogens with one attached hydrogen (secondary N) is 1. The van der Waals surface area contributed by atoms with E-state index in [1.807, 2.05) is 30.3 Å². The van der Waals surface area contributed by atoms with Crippen LogP contribution in [0.15, 0.2) is 40.3 Å². The number of thioether (sulfide) groups is 1. The van der Waals surface area contributed by atoms with E-state index in [2.05, 4.69) is 5.32 Å². The summed E-state index contributed by atoms with van der Waals surface area (Å²) in [5.41, 5.74) is 1.99. The molecule has 5 rings (SSSR count). The van der Waals surface area contributed by atoms with Crippen LogP contribution in [0.3, 0.4) is 0 Å². The Kier molecular flexibility index (Phi) is 6.64.